The van der Waals surface area contributed by atoms with Crippen molar-refractivity contribution in [3.63, 3.8) is 0 Å². The highest BCUT2D eigenvalue weighted by Crippen LogP contribution is 2.27. The van der Waals surface area contributed by atoms with E-state index in [2.05, 4.69) is 33.8 Å². The molecule has 3 nitrogen and oxygen atoms in total. The Morgan fingerprint density at radius 3 is 3.11 bits per heavy atom. The molecule has 0 N–H and O–H groups in total. The molecule has 19 heavy (non-hydrogen) atoms. The van der Waals surface area contributed by atoms with E-state index in [1.54, 1.807) is 0 Å². The van der Waals surface area contributed by atoms with Gasteiger partial charge in [0.1, 0.15) is 6.07 Å². The Kier molecular flexibility index (Phi) is 5.24. The lowest BCUT2D eigenvalue weighted by molar-refractivity contribution is 0.0440. The first kappa shape index (κ1) is 14.4. The summed E-state index contributed by atoms with van der Waals surface area (Å²) in [4.78, 5) is 2.27. The number of piperidine rings is 1. The van der Waals surface area contributed by atoms with E-state index in [0.29, 0.717) is 6.10 Å². The van der Waals surface area contributed by atoms with Gasteiger partial charge in [-0.05, 0) is 37.5 Å². The standard InChI is InChI=1S/C15H19BrN2O/c1-2-8-19-14-4-3-7-18(11-14)15-6-5-13(16)9-12(15)10-17/h5-6,9,14H,2-4,7-8,11H2,1H3. The molecular formula is C15H19BrN2O. The molecule has 1 aliphatic heterocycles. The zero-order valence-electron chi connectivity index (χ0n) is 11.2. The van der Waals surface area contributed by atoms with Crippen LogP contribution >= 0.6 is 15.9 Å². The van der Waals surface area contributed by atoms with Gasteiger partial charge >= 0.3 is 0 Å². The van der Waals surface area contributed by atoms with Crippen LogP contribution < -0.4 is 4.90 Å². The van der Waals surface area contributed by atoms with Crippen LogP contribution in [0.4, 0.5) is 5.69 Å². The number of nitrogens with zero attached hydrogens (tertiary/aromatic N) is 2. The number of hydrogen-bond acceptors (Lipinski definition) is 3. The average molecular weight is 323 g/mol. The van der Waals surface area contributed by atoms with Crippen molar-refractivity contribution in [2.45, 2.75) is 32.3 Å². The van der Waals surface area contributed by atoms with Crippen molar-refractivity contribution < 1.29 is 4.74 Å². The Hall–Kier alpha value is -1.05. The maximum Gasteiger partial charge on any atom is 0.101 e. The molecule has 1 fully saturated rings. The monoisotopic (exact) mass is 322 g/mol. The van der Waals surface area contributed by atoms with Crippen LogP contribution in [0.2, 0.25) is 0 Å². The molecule has 0 aliphatic carbocycles. The fraction of sp³-hybridized carbons (Fsp3) is 0.533. The van der Waals surface area contributed by atoms with Crippen molar-refractivity contribution >= 4 is 21.6 Å². The molecule has 1 aromatic rings. The molecule has 1 heterocycles. The summed E-state index contributed by atoms with van der Waals surface area (Å²) >= 11 is 3.41. The van der Waals surface area contributed by atoms with Crippen molar-refractivity contribution in [1.82, 2.24) is 0 Å². The normalized spacial score (nSPS) is 19.2. The Labute approximate surface area is 123 Å². The second kappa shape index (κ2) is 6.93. The van der Waals surface area contributed by atoms with Gasteiger partial charge in [0, 0.05) is 24.2 Å². The van der Waals surface area contributed by atoms with Gasteiger partial charge in [-0.25, -0.2) is 0 Å². The van der Waals surface area contributed by atoms with Gasteiger partial charge in [0.25, 0.3) is 0 Å². The zero-order valence-corrected chi connectivity index (χ0v) is 12.8. The van der Waals surface area contributed by atoms with E-state index in [0.717, 1.165) is 54.7 Å². The summed E-state index contributed by atoms with van der Waals surface area (Å²) in [6, 6.07) is 8.17. The molecule has 4 heteroatoms. The number of nitriles is 1. The average Bonchev–Trinajstić information content (AvgIpc) is 2.45. The number of benzene rings is 1. The van der Waals surface area contributed by atoms with Crippen LogP contribution in [0.1, 0.15) is 31.7 Å². The molecule has 0 spiro atoms. The smallest absolute Gasteiger partial charge is 0.101 e. The molecule has 1 aliphatic rings. The lowest BCUT2D eigenvalue weighted by Crippen LogP contribution is -2.40. The van der Waals surface area contributed by atoms with Crippen molar-refractivity contribution in [1.29, 1.82) is 5.26 Å². The van der Waals surface area contributed by atoms with E-state index in [4.69, 9.17) is 4.74 Å². The molecule has 1 unspecified atom stereocenters. The van der Waals surface area contributed by atoms with E-state index >= 15 is 0 Å². The van der Waals surface area contributed by atoms with Gasteiger partial charge in [-0.3, -0.25) is 0 Å². The maximum absolute atomic E-state index is 9.25. The molecule has 0 aromatic heterocycles. The summed E-state index contributed by atoms with van der Waals surface area (Å²) in [7, 11) is 0. The van der Waals surface area contributed by atoms with Gasteiger partial charge in [0.2, 0.25) is 0 Å². The SMILES string of the molecule is CCCOC1CCCN(c2ccc(Br)cc2C#N)C1. The summed E-state index contributed by atoms with van der Waals surface area (Å²) in [6.45, 7) is 4.84. The highest BCUT2D eigenvalue weighted by molar-refractivity contribution is 9.10. The van der Waals surface area contributed by atoms with E-state index in [1.165, 1.54) is 0 Å². The van der Waals surface area contributed by atoms with Crippen molar-refractivity contribution in [3.05, 3.63) is 28.2 Å². The van der Waals surface area contributed by atoms with Crippen LogP contribution in [0, 0.1) is 11.3 Å². The molecule has 1 saturated heterocycles. The first-order valence-corrected chi connectivity index (χ1v) is 7.60. The molecule has 1 aromatic carbocycles. The van der Waals surface area contributed by atoms with Gasteiger partial charge in [-0.1, -0.05) is 22.9 Å². The fourth-order valence-corrected chi connectivity index (χ4v) is 2.81. The summed E-state index contributed by atoms with van der Waals surface area (Å²) < 4.78 is 6.80. The van der Waals surface area contributed by atoms with E-state index in [-0.39, 0.29) is 0 Å². The first-order chi connectivity index (χ1) is 9.24. The topological polar surface area (TPSA) is 36.3 Å². The summed E-state index contributed by atoms with van der Waals surface area (Å²) in [6.07, 6.45) is 3.59. The molecule has 0 amide bonds. The zero-order chi connectivity index (χ0) is 13.7. The Morgan fingerprint density at radius 1 is 1.53 bits per heavy atom. The van der Waals surface area contributed by atoms with E-state index < -0.39 is 0 Å². The largest absolute Gasteiger partial charge is 0.376 e. The minimum atomic E-state index is 0.295. The van der Waals surface area contributed by atoms with E-state index in [1.807, 2.05) is 18.2 Å². The van der Waals surface area contributed by atoms with Crippen LogP contribution in [-0.2, 0) is 4.74 Å². The highest BCUT2D eigenvalue weighted by atomic mass is 79.9. The van der Waals surface area contributed by atoms with Crippen molar-refractivity contribution in [3.8, 4) is 6.07 Å². The molecule has 2 rings (SSSR count). The minimum absolute atomic E-state index is 0.295. The maximum atomic E-state index is 9.25. The summed E-state index contributed by atoms with van der Waals surface area (Å²) in [5.74, 6) is 0. The molecule has 0 radical (unpaired) electrons. The second-order valence-corrected chi connectivity index (χ2v) is 5.77. The van der Waals surface area contributed by atoms with Crippen LogP contribution in [-0.4, -0.2) is 25.8 Å². The second-order valence-electron chi connectivity index (χ2n) is 4.85. The lowest BCUT2D eigenvalue weighted by atomic mass is 10.1. The van der Waals surface area contributed by atoms with Crippen LogP contribution in [0.3, 0.4) is 0 Å². The van der Waals surface area contributed by atoms with Crippen LogP contribution in [0.5, 0.6) is 0 Å². The number of anilines is 1. The minimum Gasteiger partial charge on any atom is -0.376 e. The number of halogens is 1. The quantitative estimate of drug-likeness (QED) is 0.847. The summed E-state index contributed by atoms with van der Waals surface area (Å²) in [5, 5.41) is 9.25. The summed E-state index contributed by atoms with van der Waals surface area (Å²) in [5.41, 5.74) is 1.75. The molecule has 0 saturated carbocycles. The third kappa shape index (κ3) is 3.71. The highest BCUT2D eigenvalue weighted by Gasteiger charge is 2.22. The van der Waals surface area contributed by atoms with Gasteiger partial charge in [-0.2, -0.15) is 5.26 Å². The molecular weight excluding hydrogens is 304 g/mol. The Bertz CT molecular complexity index is 470. The predicted molar refractivity (Wildman–Crippen MR) is 80.3 cm³/mol. The van der Waals surface area contributed by atoms with Gasteiger partial charge in [0.05, 0.1) is 17.4 Å². The molecule has 0 bridgehead atoms. The Balaban J connectivity index is 2.11. The van der Waals surface area contributed by atoms with Gasteiger partial charge in [-0.15, -0.1) is 0 Å². The van der Waals surface area contributed by atoms with Gasteiger partial charge in [0.15, 0.2) is 0 Å². The van der Waals surface area contributed by atoms with Crippen LogP contribution in [0.15, 0.2) is 22.7 Å². The molecule has 1 atom stereocenters. The Morgan fingerprint density at radius 2 is 2.37 bits per heavy atom. The first-order valence-electron chi connectivity index (χ1n) is 6.80. The third-order valence-corrected chi connectivity index (χ3v) is 3.85. The lowest BCUT2D eigenvalue weighted by Gasteiger charge is -2.34. The molecule has 102 valence electrons. The number of ether oxygens (including phenoxy) is 1. The fourth-order valence-electron chi connectivity index (χ4n) is 2.45. The third-order valence-electron chi connectivity index (χ3n) is 3.36. The van der Waals surface area contributed by atoms with Crippen LogP contribution in [0.25, 0.3) is 0 Å². The van der Waals surface area contributed by atoms with Crippen molar-refractivity contribution in [2.24, 2.45) is 0 Å². The van der Waals surface area contributed by atoms with Gasteiger partial charge < -0.3 is 9.64 Å². The predicted octanol–water partition coefficient (Wildman–Crippen LogP) is 3.72. The number of rotatable bonds is 4. The van der Waals surface area contributed by atoms with E-state index in [9.17, 15) is 5.26 Å². The number of hydrogen-bond donors (Lipinski definition) is 0. The van der Waals surface area contributed by atoms with Crippen molar-refractivity contribution in [2.75, 3.05) is 24.6 Å².